The number of fused-ring (bicyclic) bond motifs is 1. The Balaban J connectivity index is 1.54. The maximum atomic E-state index is 13.2. The lowest BCUT2D eigenvalue weighted by Gasteiger charge is -2.29. The number of morpholine rings is 1. The molecule has 0 radical (unpaired) electrons. The van der Waals surface area contributed by atoms with E-state index in [4.69, 9.17) is 21.3 Å². The van der Waals surface area contributed by atoms with E-state index in [1.54, 1.807) is 23.1 Å². The zero-order valence-corrected chi connectivity index (χ0v) is 19.2. The third kappa shape index (κ3) is 5.15. The molecule has 1 saturated heterocycles. The molecule has 1 amide bonds. The van der Waals surface area contributed by atoms with Crippen LogP contribution in [0.5, 0.6) is 0 Å². The zero-order chi connectivity index (χ0) is 20.9. The van der Waals surface area contributed by atoms with E-state index in [9.17, 15) is 4.79 Å². The summed E-state index contributed by atoms with van der Waals surface area (Å²) in [6, 6.07) is 13.9. The fraction of sp³-hybridized carbons (Fsp3) is 0.364. The minimum Gasteiger partial charge on any atom is -0.379 e. The Morgan fingerprint density at radius 3 is 2.77 bits per heavy atom. The number of thiazole rings is 1. The molecule has 3 aromatic rings. The molecule has 1 aliphatic rings. The SMILES string of the molecule is Cc1c(Cl)ccc2sc(N(CCN3CCOCC3)C(=O)CSc3ccccc3)nc12. The molecule has 0 spiro atoms. The molecule has 0 saturated carbocycles. The number of amides is 1. The lowest BCUT2D eigenvalue weighted by molar-refractivity contribution is -0.116. The molecule has 158 valence electrons. The molecule has 2 aromatic carbocycles. The van der Waals surface area contributed by atoms with E-state index < -0.39 is 0 Å². The number of benzene rings is 2. The van der Waals surface area contributed by atoms with Crippen LogP contribution in [0.4, 0.5) is 5.13 Å². The molecule has 0 atom stereocenters. The van der Waals surface area contributed by atoms with Crippen molar-refractivity contribution < 1.29 is 9.53 Å². The van der Waals surface area contributed by atoms with Crippen LogP contribution >= 0.6 is 34.7 Å². The van der Waals surface area contributed by atoms with Gasteiger partial charge in [-0.3, -0.25) is 14.6 Å². The molecule has 2 heterocycles. The van der Waals surface area contributed by atoms with Crippen LogP contribution in [-0.2, 0) is 9.53 Å². The van der Waals surface area contributed by atoms with E-state index in [0.29, 0.717) is 17.3 Å². The van der Waals surface area contributed by atoms with Crippen molar-refractivity contribution in [3.8, 4) is 0 Å². The van der Waals surface area contributed by atoms with Crippen molar-refractivity contribution in [1.82, 2.24) is 9.88 Å². The molecule has 0 aliphatic carbocycles. The predicted octanol–water partition coefficient (Wildman–Crippen LogP) is 4.72. The fourth-order valence-electron chi connectivity index (χ4n) is 3.34. The zero-order valence-electron chi connectivity index (χ0n) is 16.8. The van der Waals surface area contributed by atoms with Gasteiger partial charge in [-0.15, -0.1) is 11.8 Å². The van der Waals surface area contributed by atoms with Crippen LogP contribution in [0.15, 0.2) is 47.4 Å². The van der Waals surface area contributed by atoms with Gasteiger partial charge in [0.1, 0.15) is 0 Å². The number of aromatic nitrogens is 1. The molecule has 1 fully saturated rings. The first-order chi connectivity index (χ1) is 14.6. The quantitative estimate of drug-likeness (QED) is 0.476. The standard InChI is InChI=1S/C22H24ClN3O2S2/c1-16-18(23)7-8-19-21(16)24-22(30-19)26(10-9-25-11-13-28-14-12-25)20(27)15-29-17-5-3-2-4-6-17/h2-8H,9-15H2,1H3. The number of nitrogens with zero attached hydrogens (tertiary/aromatic N) is 3. The summed E-state index contributed by atoms with van der Waals surface area (Å²) in [4.78, 5) is 23.3. The average molecular weight is 462 g/mol. The molecule has 1 aliphatic heterocycles. The normalized spacial score (nSPS) is 14.9. The highest BCUT2D eigenvalue weighted by molar-refractivity contribution is 8.00. The van der Waals surface area contributed by atoms with Crippen LogP contribution < -0.4 is 4.90 Å². The van der Waals surface area contributed by atoms with E-state index in [2.05, 4.69) is 4.90 Å². The molecule has 8 heteroatoms. The van der Waals surface area contributed by atoms with Crippen LogP contribution in [0.2, 0.25) is 5.02 Å². The summed E-state index contributed by atoms with van der Waals surface area (Å²) in [5.74, 6) is 0.447. The molecule has 0 N–H and O–H groups in total. The van der Waals surface area contributed by atoms with Gasteiger partial charge in [-0.05, 0) is 36.8 Å². The van der Waals surface area contributed by atoms with Gasteiger partial charge in [0.2, 0.25) is 5.91 Å². The molecule has 30 heavy (non-hydrogen) atoms. The highest BCUT2D eigenvalue weighted by Crippen LogP contribution is 2.34. The maximum absolute atomic E-state index is 13.2. The number of carbonyl (C=O) groups excluding carboxylic acids is 1. The lowest BCUT2D eigenvalue weighted by Crippen LogP contribution is -2.43. The van der Waals surface area contributed by atoms with Crippen LogP contribution in [0, 0.1) is 6.92 Å². The number of hydrogen-bond acceptors (Lipinski definition) is 6. The number of aryl methyl sites for hydroxylation is 1. The van der Waals surface area contributed by atoms with Gasteiger partial charge in [-0.25, -0.2) is 4.98 Å². The minimum absolute atomic E-state index is 0.0694. The number of halogens is 1. The Morgan fingerprint density at radius 1 is 1.23 bits per heavy atom. The Bertz CT molecular complexity index is 1010. The van der Waals surface area contributed by atoms with Gasteiger partial charge in [0.25, 0.3) is 0 Å². The van der Waals surface area contributed by atoms with Gasteiger partial charge in [-0.2, -0.15) is 0 Å². The number of rotatable bonds is 7. The van der Waals surface area contributed by atoms with E-state index in [-0.39, 0.29) is 5.91 Å². The lowest BCUT2D eigenvalue weighted by atomic mass is 10.2. The molecule has 0 bridgehead atoms. The largest absolute Gasteiger partial charge is 0.379 e. The van der Waals surface area contributed by atoms with E-state index in [0.717, 1.165) is 58.7 Å². The van der Waals surface area contributed by atoms with Crippen LogP contribution in [-0.4, -0.2) is 60.9 Å². The Labute approximate surface area is 190 Å². The topological polar surface area (TPSA) is 45.7 Å². The van der Waals surface area contributed by atoms with Crippen LogP contribution in [0.1, 0.15) is 5.56 Å². The van der Waals surface area contributed by atoms with E-state index in [1.165, 1.54) is 0 Å². The average Bonchev–Trinajstić information content (AvgIpc) is 3.21. The van der Waals surface area contributed by atoms with E-state index in [1.807, 2.05) is 54.3 Å². The summed E-state index contributed by atoms with van der Waals surface area (Å²) in [5.41, 5.74) is 1.83. The van der Waals surface area contributed by atoms with Gasteiger partial charge in [0.15, 0.2) is 5.13 Å². The van der Waals surface area contributed by atoms with Gasteiger partial charge in [-0.1, -0.05) is 41.1 Å². The predicted molar refractivity (Wildman–Crippen MR) is 126 cm³/mol. The number of hydrogen-bond donors (Lipinski definition) is 0. The first-order valence-corrected chi connectivity index (χ1v) is 12.1. The van der Waals surface area contributed by atoms with Crippen molar-refractivity contribution in [3.63, 3.8) is 0 Å². The fourth-order valence-corrected chi connectivity index (χ4v) is 5.35. The van der Waals surface area contributed by atoms with Crippen molar-refractivity contribution in [2.45, 2.75) is 11.8 Å². The molecule has 4 rings (SSSR count). The van der Waals surface area contributed by atoms with Gasteiger partial charge < -0.3 is 4.74 Å². The Hall–Kier alpha value is -1.64. The summed E-state index contributed by atoms with van der Waals surface area (Å²) in [7, 11) is 0. The number of thioether (sulfide) groups is 1. The molecular weight excluding hydrogens is 438 g/mol. The summed E-state index contributed by atoms with van der Waals surface area (Å²) >= 11 is 9.39. The minimum atomic E-state index is 0.0694. The van der Waals surface area contributed by atoms with Gasteiger partial charge in [0, 0.05) is 36.1 Å². The molecule has 1 aromatic heterocycles. The smallest absolute Gasteiger partial charge is 0.239 e. The van der Waals surface area contributed by atoms with Gasteiger partial charge in [0.05, 0.1) is 29.2 Å². The second kappa shape index (κ2) is 10.1. The van der Waals surface area contributed by atoms with Crippen LogP contribution in [0.3, 0.4) is 0 Å². The highest BCUT2D eigenvalue weighted by Gasteiger charge is 2.22. The first-order valence-electron chi connectivity index (χ1n) is 9.96. The van der Waals surface area contributed by atoms with Crippen molar-refractivity contribution >= 4 is 56.0 Å². The second-order valence-corrected chi connectivity index (χ2v) is 9.58. The van der Waals surface area contributed by atoms with Gasteiger partial charge >= 0.3 is 0 Å². The molecule has 5 nitrogen and oxygen atoms in total. The van der Waals surface area contributed by atoms with Crippen molar-refractivity contribution in [2.24, 2.45) is 0 Å². The molecule has 0 unspecified atom stereocenters. The molecular formula is C22H24ClN3O2S2. The van der Waals surface area contributed by atoms with E-state index >= 15 is 0 Å². The summed E-state index contributed by atoms with van der Waals surface area (Å²) in [5, 5.41) is 1.44. The van der Waals surface area contributed by atoms with Crippen molar-refractivity contribution in [3.05, 3.63) is 53.1 Å². The number of anilines is 1. The summed E-state index contributed by atoms with van der Waals surface area (Å²) in [6.45, 7) is 6.68. The third-order valence-electron chi connectivity index (χ3n) is 5.12. The number of ether oxygens (including phenoxy) is 1. The monoisotopic (exact) mass is 461 g/mol. The van der Waals surface area contributed by atoms with Crippen LogP contribution in [0.25, 0.3) is 10.2 Å². The maximum Gasteiger partial charge on any atom is 0.239 e. The first kappa shape index (κ1) is 21.6. The van der Waals surface area contributed by atoms with Crippen molar-refractivity contribution in [2.75, 3.05) is 50.0 Å². The third-order valence-corrected chi connectivity index (χ3v) is 7.57. The highest BCUT2D eigenvalue weighted by atomic mass is 35.5. The Kier molecular flexibility index (Phi) is 7.28. The second-order valence-electron chi connectivity index (χ2n) is 7.12. The van der Waals surface area contributed by atoms with Crippen molar-refractivity contribution in [1.29, 1.82) is 0 Å². The number of carbonyl (C=O) groups is 1. The Morgan fingerprint density at radius 2 is 2.00 bits per heavy atom. The summed E-state index contributed by atoms with van der Waals surface area (Å²) < 4.78 is 6.49. The summed E-state index contributed by atoms with van der Waals surface area (Å²) in [6.07, 6.45) is 0.